The molecular formula is C15H20N2O4S. The highest BCUT2D eigenvalue weighted by molar-refractivity contribution is 7.98. The van der Waals surface area contributed by atoms with E-state index in [0.29, 0.717) is 12.1 Å². The van der Waals surface area contributed by atoms with Gasteiger partial charge in [-0.3, -0.25) is 9.59 Å². The van der Waals surface area contributed by atoms with Crippen LogP contribution in [-0.4, -0.2) is 43.2 Å². The number of hydrogen-bond donors (Lipinski definition) is 2. The summed E-state index contributed by atoms with van der Waals surface area (Å²) in [6, 6.07) is 6.22. The lowest BCUT2D eigenvalue weighted by atomic mass is 10.2. The van der Waals surface area contributed by atoms with E-state index in [1.807, 2.05) is 6.26 Å². The van der Waals surface area contributed by atoms with Crippen LogP contribution in [0, 0.1) is 0 Å². The largest absolute Gasteiger partial charge is 0.452 e. The molecule has 0 heterocycles. The molecule has 1 aromatic rings. The van der Waals surface area contributed by atoms with Gasteiger partial charge in [0.05, 0.1) is 5.56 Å². The lowest BCUT2D eigenvalue weighted by Gasteiger charge is -2.13. The van der Waals surface area contributed by atoms with Crippen LogP contribution >= 0.6 is 11.8 Å². The van der Waals surface area contributed by atoms with Crippen LogP contribution in [0.3, 0.4) is 0 Å². The third kappa shape index (κ3) is 5.77. The Kier molecular flexibility index (Phi) is 7.45. The molecule has 0 aromatic heterocycles. The number of carbonyl (C=O) groups is 3. The summed E-state index contributed by atoms with van der Waals surface area (Å²) in [5, 5.41) is 5.05. The van der Waals surface area contributed by atoms with Crippen LogP contribution in [0.5, 0.6) is 0 Å². The summed E-state index contributed by atoms with van der Waals surface area (Å²) >= 11 is 1.57. The van der Waals surface area contributed by atoms with Crippen LogP contribution < -0.4 is 10.6 Å². The summed E-state index contributed by atoms with van der Waals surface area (Å²) in [4.78, 5) is 35.9. The van der Waals surface area contributed by atoms with Crippen molar-refractivity contribution in [1.29, 1.82) is 0 Å². The number of amides is 2. The quantitative estimate of drug-likeness (QED) is 0.582. The van der Waals surface area contributed by atoms with Crippen LogP contribution in [0.4, 0.5) is 0 Å². The third-order valence-corrected chi connectivity index (χ3v) is 3.53. The van der Waals surface area contributed by atoms with Gasteiger partial charge in [0.15, 0.2) is 6.61 Å². The fourth-order valence-electron chi connectivity index (χ4n) is 1.62. The molecule has 120 valence electrons. The molecule has 0 aliphatic rings. The molecule has 0 spiro atoms. The monoisotopic (exact) mass is 324 g/mol. The lowest BCUT2D eigenvalue weighted by Crippen LogP contribution is -2.46. The van der Waals surface area contributed by atoms with Crippen molar-refractivity contribution in [3.05, 3.63) is 29.8 Å². The summed E-state index contributed by atoms with van der Waals surface area (Å²) in [6.45, 7) is 3.41. The molecule has 0 aliphatic heterocycles. The minimum atomic E-state index is -0.674. The van der Waals surface area contributed by atoms with Crippen molar-refractivity contribution in [3.8, 4) is 0 Å². The van der Waals surface area contributed by atoms with Gasteiger partial charge in [-0.25, -0.2) is 4.79 Å². The summed E-state index contributed by atoms with van der Waals surface area (Å²) in [5.74, 6) is -1.38. The number of nitrogens with one attached hydrogen (secondary N) is 2. The van der Waals surface area contributed by atoms with E-state index in [2.05, 4.69) is 10.6 Å². The van der Waals surface area contributed by atoms with Crippen molar-refractivity contribution < 1.29 is 19.1 Å². The molecule has 0 bridgehead atoms. The third-order valence-electron chi connectivity index (χ3n) is 2.78. The minimum Gasteiger partial charge on any atom is -0.452 e. The van der Waals surface area contributed by atoms with Crippen molar-refractivity contribution >= 4 is 29.5 Å². The van der Waals surface area contributed by atoms with Crippen LogP contribution in [0.25, 0.3) is 0 Å². The van der Waals surface area contributed by atoms with Gasteiger partial charge in [-0.15, -0.1) is 11.8 Å². The molecule has 7 heteroatoms. The maximum Gasteiger partial charge on any atom is 0.338 e. The molecule has 1 aromatic carbocycles. The Morgan fingerprint density at radius 3 is 2.41 bits per heavy atom. The first kappa shape index (κ1) is 18.0. The van der Waals surface area contributed by atoms with Gasteiger partial charge in [-0.2, -0.15) is 0 Å². The van der Waals surface area contributed by atoms with Gasteiger partial charge >= 0.3 is 5.97 Å². The van der Waals surface area contributed by atoms with Gasteiger partial charge in [0.25, 0.3) is 5.91 Å². The van der Waals surface area contributed by atoms with E-state index in [1.165, 1.54) is 0 Å². The Morgan fingerprint density at radius 1 is 1.23 bits per heavy atom. The zero-order chi connectivity index (χ0) is 16.5. The number of benzene rings is 1. The first-order valence-corrected chi connectivity index (χ1v) is 8.08. The molecule has 0 saturated carbocycles. The number of rotatable bonds is 7. The molecule has 0 fully saturated rings. The number of hydrogen-bond acceptors (Lipinski definition) is 5. The van der Waals surface area contributed by atoms with E-state index in [0.717, 1.165) is 4.90 Å². The standard InChI is InChI=1S/C15H20N2O4S/c1-4-16-14(19)10(2)17-13(18)9-21-15(20)11-5-7-12(22-3)8-6-11/h5-8,10H,4,9H2,1-3H3,(H,16,19)(H,17,18)/t10-/m0/s1. The van der Waals surface area contributed by atoms with Gasteiger partial charge in [-0.1, -0.05) is 0 Å². The molecule has 1 rings (SSSR count). The molecule has 22 heavy (non-hydrogen) atoms. The predicted molar refractivity (Wildman–Crippen MR) is 84.8 cm³/mol. The molecule has 6 nitrogen and oxygen atoms in total. The fourth-order valence-corrected chi connectivity index (χ4v) is 2.03. The minimum absolute atomic E-state index is 0.283. The first-order chi connectivity index (χ1) is 10.5. The Balaban J connectivity index is 2.42. The SMILES string of the molecule is CCNC(=O)[C@H](C)NC(=O)COC(=O)c1ccc(SC)cc1. The number of esters is 1. The fraction of sp³-hybridized carbons (Fsp3) is 0.400. The summed E-state index contributed by atoms with van der Waals surface area (Å²) < 4.78 is 4.91. The Bertz CT molecular complexity index is 531. The maximum absolute atomic E-state index is 11.8. The number of carbonyl (C=O) groups excluding carboxylic acids is 3. The first-order valence-electron chi connectivity index (χ1n) is 6.86. The Labute approximate surface area is 134 Å². The van der Waals surface area contributed by atoms with E-state index in [9.17, 15) is 14.4 Å². The van der Waals surface area contributed by atoms with Crippen molar-refractivity contribution in [3.63, 3.8) is 0 Å². The van der Waals surface area contributed by atoms with E-state index < -0.39 is 24.5 Å². The van der Waals surface area contributed by atoms with Crippen molar-refractivity contribution in [2.75, 3.05) is 19.4 Å². The van der Waals surface area contributed by atoms with Gasteiger partial charge in [0.1, 0.15) is 6.04 Å². The second-order valence-corrected chi connectivity index (χ2v) is 5.37. The number of likely N-dealkylation sites (N-methyl/N-ethyl adjacent to an activating group) is 1. The van der Waals surface area contributed by atoms with Crippen LogP contribution in [0.15, 0.2) is 29.2 Å². The smallest absolute Gasteiger partial charge is 0.338 e. The topological polar surface area (TPSA) is 84.5 Å². The number of ether oxygens (including phenoxy) is 1. The van der Waals surface area contributed by atoms with E-state index in [-0.39, 0.29) is 5.91 Å². The zero-order valence-corrected chi connectivity index (χ0v) is 13.7. The molecule has 2 amide bonds. The maximum atomic E-state index is 11.8. The van der Waals surface area contributed by atoms with Crippen molar-refractivity contribution in [2.24, 2.45) is 0 Å². The van der Waals surface area contributed by atoms with Crippen molar-refractivity contribution in [1.82, 2.24) is 10.6 Å². The highest BCUT2D eigenvalue weighted by Crippen LogP contribution is 2.15. The second-order valence-electron chi connectivity index (χ2n) is 4.49. The average Bonchev–Trinajstić information content (AvgIpc) is 2.52. The lowest BCUT2D eigenvalue weighted by molar-refractivity contribution is -0.130. The van der Waals surface area contributed by atoms with Gasteiger partial charge in [0.2, 0.25) is 5.91 Å². The summed E-state index contributed by atoms with van der Waals surface area (Å²) in [5.41, 5.74) is 0.377. The van der Waals surface area contributed by atoms with Gasteiger partial charge < -0.3 is 15.4 Å². The Hall–Kier alpha value is -2.02. The molecular weight excluding hydrogens is 304 g/mol. The van der Waals surface area contributed by atoms with Crippen LogP contribution in [0.1, 0.15) is 24.2 Å². The number of thioether (sulfide) groups is 1. The summed E-state index contributed by atoms with van der Waals surface area (Å²) in [7, 11) is 0. The molecule has 2 N–H and O–H groups in total. The van der Waals surface area contributed by atoms with Crippen molar-refractivity contribution in [2.45, 2.75) is 24.8 Å². The highest BCUT2D eigenvalue weighted by Gasteiger charge is 2.16. The average molecular weight is 324 g/mol. The zero-order valence-electron chi connectivity index (χ0n) is 12.8. The van der Waals surface area contributed by atoms with Crippen LogP contribution in [0.2, 0.25) is 0 Å². The van der Waals surface area contributed by atoms with Gasteiger partial charge in [-0.05, 0) is 44.4 Å². The molecule has 0 unspecified atom stereocenters. The second kappa shape index (κ2) is 9.09. The van der Waals surface area contributed by atoms with E-state index in [4.69, 9.17) is 4.74 Å². The summed E-state index contributed by atoms with van der Waals surface area (Å²) in [6.07, 6.45) is 1.94. The molecule has 0 radical (unpaired) electrons. The van der Waals surface area contributed by atoms with Crippen LogP contribution in [-0.2, 0) is 14.3 Å². The van der Waals surface area contributed by atoms with E-state index in [1.54, 1.807) is 49.9 Å². The molecule has 1 atom stereocenters. The molecule has 0 saturated heterocycles. The Morgan fingerprint density at radius 2 is 1.86 bits per heavy atom. The predicted octanol–water partition coefficient (Wildman–Crippen LogP) is 1.21. The normalized spacial score (nSPS) is 11.4. The van der Waals surface area contributed by atoms with Gasteiger partial charge in [0, 0.05) is 11.4 Å². The molecule has 0 aliphatic carbocycles. The van der Waals surface area contributed by atoms with E-state index >= 15 is 0 Å². The highest BCUT2D eigenvalue weighted by atomic mass is 32.2.